The van der Waals surface area contributed by atoms with Crippen LogP contribution in [0.1, 0.15) is 46.0 Å². The monoisotopic (exact) mass is 201 g/mol. The maximum Gasteiger partial charge on any atom is 0.222 e. The number of carbonyl (C=O) groups excluding carboxylic acids is 1. The van der Waals surface area contributed by atoms with Gasteiger partial charge in [-0.15, -0.1) is 0 Å². The Morgan fingerprint density at radius 1 is 1.14 bits per heavy atom. The van der Waals surface area contributed by atoms with Gasteiger partial charge in [-0.2, -0.15) is 0 Å². The molecule has 1 amide bonds. The van der Waals surface area contributed by atoms with Crippen LogP contribution in [0, 0.1) is 0 Å². The van der Waals surface area contributed by atoms with Crippen LogP contribution in [0.2, 0.25) is 0 Å². The molecule has 14 heavy (non-hydrogen) atoms. The summed E-state index contributed by atoms with van der Waals surface area (Å²) < 4.78 is 0. The number of aliphatic hydroxyl groups excluding tert-OH is 1. The van der Waals surface area contributed by atoms with Crippen LogP contribution in [-0.2, 0) is 4.79 Å². The molecule has 0 radical (unpaired) electrons. The summed E-state index contributed by atoms with van der Waals surface area (Å²) in [7, 11) is 0. The Morgan fingerprint density at radius 2 is 1.86 bits per heavy atom. The molecule has 0 unspecified atom stereocenters. The van der Waals surface area contributed by atoms with E-state index in [1.807, 2.05) is 6.92 Å². The van der Waals surface area contributed by atoms with E-state index >= 15 is 0 Å². The highest BCUT2D eigenvalue weighted by Crippen LogP contribution is 2.02. The van der Waals surface area contributed by atoms with Gasteiger partial charge in [0.05, 0.1) is 6.61 Å². The van der Waals surface area contributed by atoms with E-state index in [0.717, 1.165) is 13.0 Å². The van der Waals surface area contributed by atoms with Crippen LogP contribution in [0.25, 0.3) is 0 Å². The average molecular weight is 201 g/mol. The normalized spacial score (nSPS) is 10.2. The van der Waals surface area contributed by atoms with Crippen molar-refractivity contribution < 1.29 is 9.90 Å². The lowest BCUT2D eigenvalue weighted by Gasteiger charge is -2.20. The molecule has 84 valence electrons. The molecule has 0 fully saturated rings. The van der Waals surface area contributed by atoms with E-state index < -0.39 is 0 Å². The summed E-state index contributed by atoms with van der Waals surface area (Å²) in [6.45, 7) is 5.38. The lowest BCUT2D eigenvalue weighted by atomic mass is 10.2. The Labute approximate surface area is 87.1 Å². The fraction of sp³-hybridized carbons (Fsp3) is 0.909. The number of amides is 1. The molecular formula is C11H23NO2. The van der Waals surface area contributed by atoms with E-state index in [0.29, 0.717) is 13.0 Å². The summed E-state index contributed by atoms with van der Waals surface area (Å²) in [5.41, 5.74) is 0. The second kappa shape index (κ2) is 9.00. The van der Waals surface area contributed by atoms with Crippen molar-refractivity contribution in [2.75, 3.05) is 19.7 Å². The SMILES string of the molecule is CCCCCCN(CCO)C(=O)CC. The maximum atomic E-state index is 11.4. The molecule has 3 heteroatoms. The van der Waals surface area contributed by atoms with E-state index in [1.165, 1.54) is 19.3 Å². The second-order valence-electron chi connectivity index (χ2n) is 3.52. The van der Waals surface area contributed by atoms with Crippen molar-refractivity contribution in [1.82, 2.24) is 4.90 Å². The van der Waals surface area contributed by atoms with Crippen LogP contribution < -0.4 is 0 Å². The largest absolute Gasteiger partial charge is 0.395 e. The Balaban J connectivity index is 3.67. The smallest absolute Gasteiger partial charge is 0.222 e. The van der Waals surface area contributed by atoms with Crippen molar-refractivity contribution in [1.29, 1.82) is 0 Å². The van der Waals surface area contributed by atoms with Gasteiger partial charge in [0.2, 0.25) is 5.91 Å². The number of rotatable bonds is 8. The first-order chi connectivity index (χ1) is 6.76. The second-order valence-corrected chi connectivity index (χ2v) is 3.52. The Hall–Kier alpha value is -0.570. The number of aliphatic hydroxyl groups is 1. The molecule has 0 bridgehead atoms. The minimum Gasteiger partial charge on any atom is -0.395 e. The summed E-state index contributed by atoms with van der Waals surface area (Å²) >= 11 is 0. The van der Waals surface area contributed by atoms with E-state index in [1.54, 1.807) is 4.90 Å². The van der Waals surface area contributed by atoms with Crippen molar-refractivity contribution in [3.05, 3.63) is 0 Å². The zero-order valence-corrected chi connectivity index (χ0v) is 9.46. The van der Waals surface area contributed by atoms with Gasteiger partial charge in [0.25, 0.3) is 0 Å². The first kappa shape index (κ1) is 13.4. The summed E-state index contributed by atoms with van der Waals surface area (Å²) in [5.74, 6) is 0.149. The summed E-state index contributed by atoms with van der Waals surface area (Å²) in [5, 5.41) is 8.79. The third-order valence-electron chi connectivity index (χ3n) is 2.31. The first-order valence-corrected chi connectivity index (χ1v) is 5.64. The predicted octanol–water partition coefficient (Wildman–Crippen LogP) is 1.80. The third kappa shape index (κ3) is 5.97. The zero-order chi connectivity index (χ0) is 10.8. The number of carbonyl (C=O) groups is 1. The van der Waals surface area contributed by atoms with Crippen LogP contribution in [0.4, 0.5) is 0 Å². The van der Waals surface area contributed by atoms with Crippen molar-refractivity contribution in [3.63, 3.8) is 0 Å². The molecule has 0 aromatic carbocycles. The van der Waals surface area contributed by atoms with Gasteiger partial charge in [-0.1, -0.05) is 33.1 Å². The summed E-state index contributed by atoms with van der Waals surface area (Å²) in [6, 6.07) is 0. The standard InChI is InChI=1S/C11H23NO2/c1-3-5-6-7-8-12(9-10-13)11(14)4-2/h13H,3-10H2,1-2H3. The molecule has 0 spiro atoms. The molecule has 0 aliphatic rings. The number of unbranched alkanes of at least 4 members (excludes halogenated alkanes) is 3. The minimum atomic E-state index is 0.0690. The molecule has 0 atom stereocenters. The molecule has 1 N–H and O–H groups in total. The quantitative estimate of drug-likeness (QED) is 0.608. The van der Waals surface area contributed by atoms with Crippen molar-refractivity contribution >= 4 is 5.91 Å². The lowest BCUT2D eigenvalue weighted by molar-refractivity contribution is -0.131. The van der Waals surface area contributed by atoms with Crippen LogP contribution in [-0.4, -0.2) is 35.6 Å². The molecule has 0 saturated heterocycles. The Bertz CT molecular complexity index is 148. The van der Waals surface area contributed by atoms with Gasteiger partial charge in [0, 0.05) is 19.5 Å². The van der Waals surface area contributed by atoms with Gasteiger partial charge < -0.3 is 10.0 Å². The third-order valence-corrected chi connectivity index (χ3v) is 2.31. The molecule has 0 rings (SSSR count). The molecule has 0 aromatic heterocycles. The lowest BCUT2D eigenvalue weighted by Crippen LogP contribution is -2.33. The van der Waals surface area contributed by atoms with Crippen molar-refractivity contribution in [2.24, 2.45) is 0 Å². The minimum absolute atomic E-state index is 0.0690. The fourth-order valence-electron chi connectivity index (χ4n) is 1.43. The Morgan fingerprint density at radius 3 is 2.36 bits per heavy atom. The molecule has 0 aromatic rings. The fourth-order valence-corrected chi connectivity index (χ4v) is 1.43. The van der Waals surface area contributed by atoms with E-state index in [2.05, 4.69) is 6.92 Å². The highest BCUT2D eigenvalue weighted by atomic mass is 16.3. The molecule has 3 nitrogen and oxygen atoms in total. The van der Waals surface area contributed by atoms with Crippen molar-refractivity contribution in [2.45, 2.75) is 46.0 Å². The van der Waals surface area contributed by atoms with Gasteiger partial charge in [-0.3, -0.25) is 4.79 Å². The maximum absolute atomic E-state index is 11.4. The number of hydrogen-bond acceptors (Lipinski definition) is 2. The van der Waals surface area contributed by atoms with Crippen LogP contribution in [0.3, 0.4) is 0 Å². The molecule has 0 aliphatic carbocycles. The zero-order valence-electron chi connectivity index (χ0n) is 9.46. The molecular weight excluding hydrogens is 178 g/mol. The van der Waals surface area contributed by atoms with Crippen LogP contribution >= 0.6 is 0 Å². The van der Waals surface area contributed by atoms with Gasteiger partial charge in [-0.05, 0) is 6.42 Å². The Kier molecular flexibility index (Phi) is 8.64. The van der Waals surface area contributed by atoms with Gasteiger partial charge in [0.15, 0.2) is 0 Å². The number of nitrogens with zero attached hydrogens (tertiary/aromatic N) is 1. The van der Waals surface area contributed by atoms with E-state index in [4.69, 9.17) is 5.11 Å². The van der Waals surface area contributed by atoms with Gasteiger partial charge >= 0.3 is 0 Å². The topological polar surface area (TPSA) is 40.5 Å². The van der Waals surface area contributed by atoms with Crippen LogP contribution in [0.15, 0.2) is 0 Å². The molecule has 0 aliphatic heterocycles. The highest BCUT2D eigenvalue weighted by molar-refractivity contribution is 5.75. The highest BCUT2D eigenvalue weighted by Gasteiger charge is 2.09. The average Bonchev–Trinajstić information content (AvgIpc) is 2.21. The summed E-state index contributed by atoms with van der Waals surface area (Å²) in [4.78, 5) is 13.1. The van der Waals surface area contributed by atoms with Crippen molar-refractivity contribution in [3.8, 4) is 0 Å². The number of hydrogen-bond donors (Lipinski definition) is 1. The van der Waals surface area contributed by atoms with E-state index in [9.17, 15) is 4.79 Å². The molecule has 0 heterocycles. The summed E-state index contributed by atoms with van der Waals surface area (Å²) in [6.07, 6.45) is 5.21. The van der Waals surface area contributed by atoms with Gasteiger partial charge in [0.1, 0.15) is 0 Å². The van der Waals surface area contributed by atoms with Gasteiger partial charge in [-0.25, -0.2) is 0 Å². The van der Waals surface area contributed by atoms with E-state index in [-0.39, 0.29) is 12.5 Å². The molecule has 0 saturated carbocycles. The first-order valence-electron chi connectivity index (χ1n) is 5.64. The predicted molar refractivity (Wildman–Crippen MR) is 58.1 cm³/mol. The van der Waals surface area contributed by atoms with Crippen LogP contribution in [0.5, 0.6) is 0 Å².